The fourth-order valence-corrected chi connectivity index (χ4v) is 9.52. The summed E-state index contributed by atoms with van der Waals surface area (Å²) >= 11 is 3.35. The number of anilines is 2. The molecule has 0 aromatic heterocycles. The Morgan fingerprint density at radius 1 is 0.676 bits per heavy atom. The smallest absolute Gasteiger partial charge is 0.410 e. The number of hydrogen-bond acceptors (Lipinski definition) is 12. The number of fused-ring (bicyclic) bond motifs is 3. The number of amides is 2. The average Bonchev–Trinajstić information content (AvgIpc) is 4.18. The first kappa shape index (κ1) is 53.6. The Kier molecular flexibility index (Phi) is 18.1. The normalized spacial score (nSPS) is 17.3. The number of likely N-dealkylation sites (N-methyl/N-ethyl adjacent to an activating group) is 2. The van der Waals surface area contributed by atoms with Crippen LogP contribution in [0.25, 0.3) is 32.3 Å². The second kappa shape index (κ2) is 23.9. The molecule has 0 radical (unpaired) electrons. The van der Waals surface area contributed by atoms with E-state index in [9.17, 15) is 39.3 Å². The Labute approximate surface area is 424 Å². The fraction of sp³-hybridized carbons (Fsp3) is 0.375. The van der Waals surface area contributed by atoms with Gasteiger partial charge in [-0.15, -0.1) is 0 Å². The van der Waals surface area contributed by atoms with Crippen molar-refractivity contribution >= 4 is 90.5 Å². The van der Waals surface area contributed by atoms with E-state index in [4.69, 9.17) is 4.74 Å². The van der Waals surface area contributed by atoms with Gasteiger partial charge in [0.05, 0.1) is 22.7 Å². The van der Waals surface area contributed by atoms with Crippen molar-refractivity contribution in [3.05, 3.63) is 112 Å². The minimum absolute atomic E-state index is 0.00423. The molecule has 3 aliphatic rings. The number of nitrogens with one attached hydrogen (secondary N) is 1. The van der Waals surface area contributed by atoms with Crippen molar-refractivity contribution in [1.29, 1.82) is 0 Å². The second-order valence-corrected chi connectivity index (χ2v) is 20.2. The summed E-state index contributed by atoms with van der Waals surface area (Å²) in [5.74, 6) is 0.948. The Morgan fingerprint density at radius 3 is 1.59 bits per heavy atom. The topological polar surface area (TPSA) is 180 Å². The van der Waals surface area contributed by atoms with Crippen molar-refractivity contribution in [3.8, 4) is 17.2 Å². The van der Waals surface area contributed by atoms with E-state index < -0.39 is 5.60 Å². The van der Waals surface area contributed by atoms with Crippen molar-refractivity contribution in [2.75, 3.05) is 63.2 Å². The van der Waals surface area contributed by atoms with E-state index in [0.29, 0.717) is 29.3 Å². The molecular weight excluding hydrogens is 967 g/mol. The zero-order valence-electron chi connectivity index (χ0n) is 41.7. The molecule has 376 valence electrons. The van der Waals surface area contributed by atoms with Gasteiger partial charge in [0.1, 0.15) is 22.8 Å². The third-order valence-corrected chi connectivity index (χ3v) is 14.0. The molecule has 4 N–H and O–H groups in total. The van der Waals surface area contributed by atoms with E-state index in [1.54, 1.807) is 42.0 Å². The molecule has 0 bridgehead atoms. The van der Waals surface area contributed by atoms with E-state index >= 15 is 0 Å². The van der Waals surface area contributed by atoms with Crippen molar-refractivity contribution in [2.45, 2.75) is 78.0 Å². The minimum Gasteiger partial charge on any atom is -0.507 e. The average molecular weight is 1030 g/mol. The van der Waals surface area contributed by atoms with E-state index in [0.717, 1.165) is 107 Å². The first-order valence-corrected chi connectivity index (χ1v) is 24.8. The number of aldehydes is 3. The maximum absolute atomic E-state index is 11.6. The summed E-state index contributed by atoms with van der Waals surface area (Å²) in [7, 11) is 3.64. The third kappa shape index (κ3) is 13.4. The van der Waals surface area contributed by atoms with Gasteiger partial charge in [0, 0.05) is 75.6 Å². The number of rotatable bonds is 8. The highest BCUT2D eigenvalue weighted by Gasteiger charge is 2.29. The molecule has 0 saturated carbocycles. The molecule has 3 heterocycles. The molecule has 14 nitrogen and oxygen atoms in total. The number of halogens is 1. The molecule has 9 rings (SSSR count). The zero-order chi connectivity index (χ0) is 51.6. The van der Waals surface area contributed by atoms with Gasteiger partial charge in [-0.05, 0) is 139 Å². The van der Waals surface area contributed by atoms with Gasteiger partial charge in [-0.3, -0.25) is 19.2 Å². The first-order chi connectivity index (χ1) is 33.9. The van der Waals surface area contributed by atoms with Gasteiger partial charge in [0.25, 0.3) is 0 Å². The van der Waals surface area contributed by atoms with Crippen LogP contribution in [-0.2, 0) is 9.53 Å². The zero-order valence-corrected chi connectivity index (χ0v) is 43.2. The lowest BCUT2D eigenvalue weighted by molar-refractivity contribution is -0.129. The summed E-state index contributed by atoms with van der Waals surface area (Å²) in [5, 5.41) is 37.3. The van der Waals surface area contributed by atoms with Crippen LogP contribution in [0.2, 0.25) is 0 Å². The Hall–Kier alpha value is -6.71. The highest BCUT2D eigenvalue weighted by Crippen LogP contribution is 2.34. The molecule has 6 aromatic carbocycles. The SMILES string of the molecule is CC(=O)N(C)C1CCN(c2ccc3c(C=O)c(O)ccc3c2)C1.CCC1CCN(c2ccc3c(C=O)c(O)ccc3c2)C1.CN(C(=O)OC(C)(C)C)C1CCNC1.O=Cc1c(O)ccc2cc(Br)ccc12. The third-order valence-electron chi connectivity index (χ3n) is 13.5. The maximum atomic E-state index is 11.6. The Bertz CT molecular complexity index is 2880. The van der Waals surface area contributed by atoms with Crippen LogP contribution in [0.15, 0.2) is 95.5 Å². The summed E-state index contributed by atoms with van der Waals surface area (Å²) in [4.78, 5) is 64.3. The van der Waals surface area contributed by atoms with Crippen LogP contribution in [0.3, 0.4) is 0 Å². The number of nitrogens with zero attached hydrogens (tertiary/aromatic N) is 4. The largest absolute Gasteiger partial charge is 0.507 e. The second-order valence-electron chi connectivity index (χ2n) is 19.3. The van der Waals surface area contributed by atoms with Crippen LogP contribution >= 0.6 is 15.9 Å². The van der Waals surface area contributed by atoms with Gasteiger partial charge in [-0.1, -0.05) is 65.7 Å². The lowest BCUT2D eigenvalue weighted by Crippen LogP contribution is -2.41. The summed E-state index contributed by atoms with van der Waals surface area (Å²) in [6, 6.07) is 28.2. The van der Waals surface area contributed by atoms with Crippen LogP contribution in [0, 0.1) is 5.92 Å². The number of hydrogen-bond donors (Lipinski definition) is 4. The van der Waals surface area contributed by atoms with Crippen LogP contribution in [0.1, 0.15) is 91.4 Å². The van der Waals surface area contributed by atoms with Gasteiger partial charge in [0.2, 0.25) is 5.91 Å². The Balaban J connectivity index is 0.000000159. The monoisotopic (exact) mass is 1030 g/mol. The number of ether oxygens (including phenoxy) is 1. The molecular formula is C56H66BrN5O9. The summed E-state index contributed by atoms with van der Waals surface area (Å²) in [6.07, 6.45) is 6.29. The van der Waals surface area contributed by atoms with Crippen LogP contribution in [0.5, 0.6) is 17.2 Å². The molecule has 3 aliphatic heterocycles. The van der Waals surface area contributed by atoms with Crippen molar-refractivity contribution < 1.29 is 44.0 Å². The highest BCUT2D eigenvalue weighted by atomic mass is 79.9. The van der Waals surface area contributed by atoms with Gasteiger partial charge in [0.15, 0.2) is 18.9 Å². The fourth-order valence-electron chi connectivity index (χ4n) is 9.14. The predicted molar refractivity (Wildman–Crippen MR) is 286 cm³/mol. The molecule has 3 fully saturated rings. The molecule has 2 amide bonds. The van der Waals surface area contributed by atoms with Crippen molar-refractivity contribution in [1.82, 2.24) is 15.1 Å². The van der Waals surface area contributed by atoms with E-state index in [2.05, 4.69) is 44.0 Å². The van der Waals surface area contributed by atoms with Gasteiger partial charge in [-0.2, -0.15) is 0 Å². The number of aromatic hydroxyl groups is 3. The highest BCUT2D eigenvalue weighted by molar-refractivity contribution is 9.10. The molecule has 0 spiro atoms. The summed E-state index contributed by atoms with van der Waals surface area (Å²) in [6.45, 7) is 15.2. The minimum atomic E-state index is -0.405. The Morgan fingerprint density at radius 2 is 1.15 bits per heavy atom. The number of phenolic OH excluding ortho intramolecular Hbond substituents is 3. The van der Waals surface area contributed by atoms with Gasteiger partial charge < -0.3 is 45.0 Å². The van der Waals surface area contributed by atoms with Crippen LogP contribution in [-0.4, -0.2) is 127 Å². The number of benzene rings is 6. The molecule has 15 heteroatoms. The lowest BCUT2D eigenvalue weighted by Gasteiger charge is -2.28. The maximum Gasteiger partial charge on any atom is 0.410 e. The van der Waals surface area contributed by atoms with Gasteiger partial charge >= 0.3 is 6.09 Å². The molecule has 71 heavy (non-hydrogen) atoms. The number of carbonyl (C=O) groups is 5. The van der Waals surface area contributed by atoms with Crippen LogP contribution < -0.4 is 15.1 Å². The molecule has 6 aromatic rings. The quantitative estimate of drug-likeness (QED) is 0.106. The standard InChI is InChI=1S/C18H20N2O3.C17H19NO2.C11H7BrO2.C10H20N2O2/c1-12(22)19(2)15-7-8-20(10-15)14-4-5-16-13(9-14)3-6-18(23)17(16)11-21;1-2-12-7-8-18(10-12)14-4-5-15-13(9-14)3-6-17(20)16(15)11-19;12-8-2-3-9-7(5-8)1-4-11(14)10(9)6-13;1-10(2,3)14-9(13)12(4)8-5-6-11-7-8/h3-6,9,11,15,23H,7-8,10H2,1-2H3;3-6,9,11-12,20H,2,7-8,10H2,1H3;1-6,14H;8,11H,5-7H2,1-4H3. The van der Waals surface area contributed by atoms with Crippen molar-refractivity contribution in [3.63, 3.8) is 0 Å². The van der Waals surface area contributed by atoms with E-state index in [1.165, 1.54) is 24.6 Å². The van der Waals surface area contributed by atoms with Crippen LogP contribution in [0.4, 0.5) is 16.2 Å². The predicted octanol–water partition coefficient (Wildman–Crippen LogP) is 10.3. The van der Waals surface area contributed by atoms with Gasteiger partial charge in [-0.25, -0.2) is 4.79 Å². The van der Waals surface area contributed by atoms with E-state index in [-0.39, 0.29) is 41.3 Å². The van der Waals surface area contributed by atoms with Crippen molar-refractivity contribution in [2.24, 2.45) is 5.92 Å². The molecule has 3 unspecified atom stereocenters. The molecule has 3 atom stereocenters. The lowest BCUT2D eigenvalue weighted by atomic mass is 10.0. The summed E-state index contributed by atoms with van der Waals surface area (Å²) in [5.41, 5.74) is 2.91. The molecule has 0 aliphatic carbocycles. The first-order valence-electron chi connectivity index (χ1n) is 24.0. The molecule has 3 saturated heterocycles. The number of phenols is 3. The summed E-state index contributed by atoms with van der Waals surface area (Å²) < 4.78 is 6.22. The number of carbonyl (C=O) groups excluding carboxylic acids is 5. The van der Waals surface area contributed by atoms with E-state index in [1.807, 2.05) is 88.5 Å².